The number of para-hydroxylation sites is 1. The first kappa shape index (κ1) is 16.4. The second-order valence-corrected chi connectivity index (χ2v) is 7.52. The number of aromatic hydroxyl groups is 1. The lowest BCUT2D eigenvalue weighted by molar-refractivity contribution is -0.126. The molecule has 7 heteroatoms. The van der Waals surface area contributed by atoms with E-state index in [2.05, 4.69) is 10.0 Å². The molecule has 2 saturated heterocycles. The minimum atomic E-state index is -0.179. The van der Waals surface area contributed by atoms with E-state index >= 15 is 0 Å². The average Bonchev–Trinajstić information content (AvgIpc) is 2.82. The highest BCUT2D eigenvalue weighted by atomic mass is 32.2. The van der Waals surface area contributed by atoms with Crippen LogP contribution in [0.4, 0.5) is 0 Å². The Morgan fingerprint density at radius 2 is 2.04 bits per heavy atom. The summed E-state index contributed by atoms with van der Waals surface area (Å²) in [5.74, 6) is 0.0589. The predicted octanol–water partition coefficient (Wildman–Crippen LogP) is 2.44. The van der Waals surface area contributed by atoms with Gasteiger partial charge in [-0.3, -0.25) is 4.79 Å². The predicted molar refractivity (Wildman–Crippen MR) is 96.8 cm³/mol. The molecule has 1 aromatic rings. The lowest BCUT2D eigenvalue weighted by atomic mass is 10.1. The number of amides is 1. The van der Waals surface area contributed by atoms with Crippen LogP contribution in [0.1, 0.15) is 24.8 Å². The highest BCUT2D eigenvalue weighted by molar-refractivity contribution is 8.24. The van der Waals surface area contributed by atoms with Gasteiger partial charge in [0.15, 0.2) is 4.32 Å². The van der Waals surface area contributed by atoms with Crippen molar-refractivity contribution < 1.29 is 9.90 Å². The number of benzene rings is 1. The first-order valence-electron chi connectivity index (χ1n) is 7.74. The van der Waals surface area contributed by atoms with Crippen molar-refractivity contribution in [3.05, 3.63) is 29.8 Å². The molecular formula is C16H19N3O2S2. The van der Waals surface area contributed by atoms with E-state index in [4.69, 9.17) is 12.2 Å². The van der Waals surface area contributed by atoms with Gasteiger partial charge in [0, 0.05) is 12.1 Å². The van der Waals surface area contributed by atoms with Crippen molar-refractivity contribution in [3.8, 4) is 5.75 Å². The first-order valence-corrected chi connectivity index (χ1v) is 9.03. The first-order chi connectivity index (χ1) is 11.1. The molecule has 2 aliphatic heterocycles. The Balaban J connectivity index is 1.65. The zero-order valence-electron chi connectivity index (χ0n) is 12.7. The molecule has 0 saturated carbocycles. The van der Waals surface area contributed by atoms with Crippen LogP contribution >= 0.6 is 24.0 Å². The number of thiocarbonyl (C=S) groups is 1. The zero-order valence-corrected chi connectivity index (χ0v) is 14.4. The molecule has 1 unspecified atom stereocenters. The number of hydrogen-bond donors (Lipinski definition) is 1. The van der Waals surface area contributed by atoms with E-state index in [1.165, 1.54) is 42.2 Å². The van der Waals surface area contributed by atoms with Gasteiger partial charge in [-0.15, -0.1) is 0 Å². The van der Waals surface area contributed by atoms with Crippen molar-refractivity contribution in [2.75, 3.05) is 19.6 Å². The fourth-order valence-corrected chi connectivity index (χ4v) is 4.21. The molecule has 0 aliphatic carbocycles. The summed E-state index contributed by atoms with van der Waals surface area (Å²) in [5.41, 5.74) is 0.563. The maximum atomic E-state index is 12.5. The van der Waals surface area contributed by atoms with Gasteiger partial charge in [0.25, 0.3) is 5.91 Å². The van der Waals surface area contributed by atoms with Gasteiger partial charge in [0.1, 0.15) is 11.0 Å². The number of hydrazone groups is 1. The number of likely N-dealkylation sites (tertiary alicyclic amines) is 1. The quantitative estimate of drug-likeness (QED) is 0.668. The lowest BCUT2D eigenvalue weighted by Crippen LogP contribution is -2.39. The molecular weight excluding hydrogens is 330 g/mol. The van der Waals surface area contributed by atoms with Crippen molar-refractivity contribution in [2.24, 2.45) is 5.10 Å². The molecule has 0 aromatic heterocycles. The fourth-order valence-electron chi connectivity index (χ4n) is 2.76. The molecule has 122 valence electrons. The Morgan fingerprint density at radius 3 is 2.78 bits per heavy atom. The Hall–Kier alpha value is -1.44. The summed E-state index contributed by atoms with van der Waals surface area (Å²) in [5, 5.41) is 15.0. The molecule has 0 spiro atoms. The lowest BCUT2D eigenvalue weighted by Gasteiger charge is -2.27. The van der Waals surface area contributed by atoms with Crippen LogP contribution in [0.25, 0.3) is 0 Å². The number of phenolic OH excluding ortho intramolecular Hbond substituents is 1. The van der Waals surface area contributed by atoms with E-state index in [0.29, 0.717) is 9.88 Å². The summed E-state index contributed by atoms with van der Waals surface area (Å²) in [6.45, 7) is 2.84. The second kappa shape index (κ2) is 7.42. The van der Waals surface area contributed by atoms with Crippen LogP contribution in [0.15, 0.2) is 29.4 Å². The number of rotatable bonds is 4. The molecule has 23 heavy (non-hydrogen) atoms. The average molecular weight is 349 g/mol. The maximum absolute atomic E-state index is 12.5. The summed E-state index contributed by atoms with van der Waals surface area (Å²) >= 11 is 6.69. The van der Waals surface area contributed by atoms with Gasteiger partial charge in [0.05, 0.1) is 6.21 Å². The summed E-state index contributed by atoms with van der Waals surface area (Å²) in [6.07, 6.45) is 5.15. The van der Waals surface area contributed by atoms with Crippen LogP contribution in [0.2, 0.25) is 0 Å². The van der Waals surface area contributed by atoms with Gasteiger partial charge in [0.2, 0.25) is 0 Å². The van der Waals surface area contributed by atoms with Crippen LogP contribution in [0.3, 0.4) is 0 Å². The minimum Gasteiger partial charge on any atom is -0.507 e. The second-order valence-electron chi connectivity index (χ2n) is 5.69. The normalized spacial score (nSPS) is 23.1. The molecule has 1 aromatic carbocycles. The molecule has 1 atom stereocenters. The molecule has 1 amide bonds. The van der Waals surface area contributed by atoms with E-state index in [0.717, 1.165) is 19.6 Å². The number of phenols is 1. The molecule has 1 N–H and O–H groups in total. The third kappa shape index (κ3) is 3.91. The number of hydrogen-bond acceptors (Lipinski definition) is 6. The zero-order chi connectivity index (χ0) is 16.2. The Bertz CT molecular complexity index is 630. The standard InChI is InChI=1S/C16H19N3O2S2/c20-13-7-3-2-6-12(13)10-17-19-15(21)14(23-16(19)22)11-18-8-4-1-5-9-18/h2-3,6-7,10,14,20H,1,4-5,8-9,11H2/b17-10+. The number of thioether (sulfide) groups is 1. The molecule has 0 radical (unpaired) electrons. The van der Waals surface area contributed by atoms with Gasteiger partial charge >= 0.3 is 0 Å². The van der Waals surface area contributed by atoms with Gasteiger partial charge in [-0.2, -0.15) is 10.1 Å². The van der Waals surface area contributed by atoms with Gasteiger partial charge in [-0.05, 0) is 38.1 Å². The van der Waals surface area contributed by atoms with E-state index in [1.54, 1.807) is 24.3 Å². The van der Waals surface area contributed by atoms with E-state index in [1.807, 2.05) is 0 Å². The van der Waals surface area contributed by atoms with Gasteiger partial charge in [-0.1, -0.05) is 42.5 Å². The van der Waals surface area contributed by atoms with Crippen LogP contribution in [0.5, 0.6) is 5.75 Å². The third-order valence-corrected chi connectivity index (χ3v) is 5.49. The maximum Gasteiger partial charge on any atom is 0.263 e. The summed E-state index contributed by atoms with van der Waals surface area (Å²) in [6, 6.07) is 6.86. The Kier molecular flexibility index (Phi) is 5.30. The number of carbonyl (C=O) groups is 1. The molecule has 2 fully saturated rings. The van der Waals surface area contributed by atoms with E-state index in [-0.39, 0.29) is 16.9 Å². The smallest absolute Gasteiger partial charge is 0.263 e. The highest BCUT2D eigenvalue weighted by Crippen LogP contribution is 2.29. The van der Waals surface area contributed by atoms with Gasteiger partial charge < -0.3 is 10.0 Å². The molecule has 5 nitrogen and oxygen atoms in total. The van der Waals surface area contributed by atoms with Crippen molar-refractivity contribution >= 4 is 40.4 Å². The van der Waals surface area contributed by atoms with Crippen LogP contribution in [0, 0.1) is 0 Å². The number of carbonyl (C=O) groups excluding carboxylic acids is 1. The highest BCUT2D eigenvalue weighted by Gasteiger charge is 2.38. The van der Waals surface area contributed by atoms with Crippen molar-refractivity contribution in [1.29, 1.82) is 0 Å². The largest absolute Gasteiger partial charge is 0.507 e. The summed E-state index contributed by atoms with van der Waals surface area (Å²) in [4.78, 5) is 14.8. The van der Waals surface area contributed by atoms with Crippen molar-refractivity contribution in [2.45, 2.75) is 24.5 Å². The Labute approximate surface area is 145 Å². The number of nitrogens with zero attached hydrogens (tertiary/aromatic N) is 3. The summed E-state index contributed by atoms with van der Waals surface area (Å²) in [7, 11) is 0. The molecule has 3 rings (SSSR count). The van der Waals surface area contributed by atoms with E-state index in [9.17, 15) is 9.90 Å². The third-order valence-electron chi connectivity index (χ3n) is 4.02. The number of piperidine rings is 1. The van der Waals surface area contributed by atoms with Crippen LogP contribution < -0.4 is 0 Å². The monoisotopic (exact) mass is 349 g/mol. The van der Waals surface area contributed by atoms with Crippen molar-refractivity contribution in [3.63, 3.8) is 0 Å². The Morgan fingerprint density at radius 1 is 1.30 bits per heavy atom. The van der Waals surface area contributed by atoms with Crippen LogP contribution in [-0.4, -0.2) is 56.3 Å². The SMILES string of the molecule is O=C1C(CN2CCCCC2)SC(=S)N1/N=C/c1ccccc1O. The topological polar surface area (TPSA) is 56.1 Å². The minimum absolute atomic E-state index is 0.0720. The summed E-state index contributed by atoms with van der Waals surface area (Å²) < 4.78 is 0.476. The van der Waals surface area contributed by atoms with Crippen LogP contribution in [-0.2, 0) is 4.79 Å². The van der Waals surface area contributed by atoms with E-state index < -0.39 is 0 Å². The van der Waals surface area contributed by atoms with Crippen molar-refractivity contribution in [1.82, 2.24) is 9.91 Å². The van der Waals surface area contributed by atoms with Gasteiger partial charge in [-0.25, -0.2) is 0 Å². The molecule has 0 bridgehead atoms. The molecule has 2 aliphatic rings. The fraction of sp³-hybridized carbons (Fsp3) is 0.438. The molecule has 2 heterocycles.